The van der Waals surface area contributed by atoms with E-state index in [4.69, 9.17) is 0 Å². The van der Waals surface area contributed by atoms with Gasteiger partial charge in [-0.15, -0.1) is 11.3 Å². The third-order valence-corrected chi connectivity index (χ3v) is 7.69. The van der Waals surface area contributed by atoms with Gasteiger partial charge in [0, 0.05) is 25.8 Å². The summed E-state index contributed by atoms with van der Waals surface area (Å²) in [4.78, 5) is 1.44. The normalized spacial score (nSPS) is 32.5. The lowest BCUT2D eigenvalue weighted by atomic mass is 9.60. The van der Waals surface area contributed by atoms with Crippen molar-refractivity contribution in [1.82, 2.24) is 0 Å². The van der Waals surface area contributed by atoms with E-state index in [9.17, 15) is 0 Å². The van der Waals surface area contributed by atoms with Crippen molar-refractivity contribution in [3.63, 3.8) is 0 Å². The maximum atomic E-state index is 2.48. The van der Waals surface area contributed by atoms with Gasteiger partial charge in [-0.3, -0.25) is 0 Å². The summed E-state index contributed by atoms with van der Waals surface area (Å²) in [7, 11) is 0. The van der Waals surface area contributed by atoms with Gasteiger partial charge in [0.2, 0.25) is 0 Å². The van der Waals surface area contributed by atoms with Crippen molar-refractivity contribution in [2.45, 2.75) is 33.6 Å². The van der Waals surface area contributed by atoms with E-state index in [-0.39, 0.29) is 10.8 Å². The lowest BCUT2D eigenvalue weighted by Crippen LogP contribution is -2.36. The molecule has 0 nitrogen and oxygen atoms in total. The number of thiophene rings is 1. The Balaban J connectivity index is 1.85. The van der Waals surface area contributed by atoms with E-state index in [1.165, 1.54) is 44.2 Å². The molecule has 2 atom stereocenters. The average Bonchev–Trinajstić information content (AvgIpc) is 3.08. The molecule has 2 unspecified atom stereocenters. The largest absolute Gasteiger partial charge is 0.136 e. The minimum absolute atomic E-state index is 0.102. The first kappa shape index (κ1) is 13.8. The Morgan fingerprint density at radius 1 is 1.00 bits per heavy atom. The van der Waals surface area contributed by atoms with E-state index in [1.54, 1.807) is 0 Å². The Hall–Kier alpha value is -1.60. The minimum Gasteiger partial charge on any atom is -0.136 e. The van der Waals surface area contributed by atoms with Crippen LogP contribution in [0.1, 0.15) is 44.1 Å². The van der Waals surface area contributed by atoms with Gasteiger partial charge in [0.1, 0.15) is 0 Å². The monoisotopic (exact) mass is 318 g/mol. The van der Waals surface area contributed by atoms with Crippen molar-refractivity contribution in [1.29, 1.82) is 0 Å². The van der Waals surface area contributed by atoms with E-state index >= 15 is 0 Å². The predicted molar refractivity (Wildman–Crippen MR) is 101 cm³/mol. The van der Waals surface area contributed by atoms with Gasteiger partial charge in [0.25, 0.3) is 0 Å². The number of allylic oxidation sites excluding steroid dienone is 6. The highest BCUT2D eigenvalue weighted by Gasteiger charge is 2.56. The lowest BCUT2D eigenvalue weighted by molar-refractivity contribution is 0.215. The van der Waals surface area contributed by atoms with Gasteiger partial charge in [-0.1, -0.05) is 57.2 Å². The van der Waals surface area contributed by atoms with E-state index in [0.717, 1.165) is 0 Å². The summed E-state index contributed by atoms with van der Waals surface area (Å²) < 4.78 is 1.47. The number of hydrogen-bond acceptors (Lipinski definition) is 1. The van der Waals surface area contributed by atoms with Crippen LogP contribution in [0, 0.1) is 16.7 Å². The fourth-order valence-corrected chi connectivity index (χ4v) is 6.25. The molecule has 0 saturated heterocycles. The molecular weight excluding hydrogens is 296 g/mol. The lowest BCUT2D eigenvalue weighted by Gasteiger charge is -2.42. The number of hydrogen-bond donors (Lipinski definition) is 0. The quantitative estimate of drug-likeness (QED) is 0.706. The van der Waals surface area contributed by atoms with E-state index in [1.807, 2.05) is 11.3 Å². The molecule has 5 rings (SSSR count). The van der Waals surface area contributed by atoms with Crippen LogP contribution < -0.4 is 9.75 Å². The van der Waals surface area contributed by atoms with Crippen LogP contribution in [0.5, 0.6) is 0 Å². The summed E-state index contributed by atoms with van der Waals surface area (Å²) >= 11 is 1.97. The fourth-order valence-electron chi connectivity index (χ4n) is 5.04. The molecule has 0 radical (unpaired) electrons. The van der Waals surface area contributed by atoms with Crippen LogP contribution in [-0.4, -0.2) is 0 Å². The summed E-state index contributed by atoms with van der Waals surface area (Å²) in [6.45, 7) is 7.16. The zero-order chi connectivity index (χ0) is 15.8. The van der Waals surface area contributed by atoms with Crippen LogP contribution >= 0.6 is 11.3 Å². The van der Waals surface area contributed by atoms with Crippen LogP contribution in [0.4, 0.5) is 0 Å². The molecular formula is C22H22S. The van der Waals surface area contributed by atoms with Gasteiger partial charge in [-0.25, -0.2) is 0 Å². The van der Waals surface area contributed by atoms with Gasteiger partial charge >= 0.3 is 0 Å². The van der Waals surface area contributed by atoms with Crippen LogP contribution in [0.25, 0.3) is 24.3 Å². The molecule has 1 aromatic rings. The molecule has 0 saturated carbocycles. The molecule has 0 aliphatic heterocycles. The highest BCUT2D eigenvalue weighted by atomic mass is 32.1. The first-order valence-corrected chi connectivity index (χ1v) is 9.54. The SMILES string of the molecule is CC(C)C12C=CC3=Cc4sc5c(c4C=C(C=C1)C32C)=CCCC=5. The standard InChI is InChI=1S/C22H22S/c1-14(2)22-10-8-15-12-18-17-6-4-5-7-19(17)23-20(18)13-16(9-11-22)21(15,22)3/h6-14H,4-5H2,1-3H3. The highest BCUT2D eigenvalue weighted by molar-refractivity contribution is 7.11. The zero-order valence-corrected chi connectivity index (χ0v) is 14.8. The van der Waals surface area contributed by atoms with Crippen molar-refractivity contribution in [2.24, 2.45) is 16.7 Å². The summed E-state index contributed by atoms with van der Waals surface area (Å²) in [5.41, 5.74) is 4.68. The Morgan fingerprint density at radius 3 is 2.43 bits per heavy atom. The van der Waals surface area contributed by atoms with Crippen LogP contribution in [-0.2, 0) is 0 Å². The fraction of sp³-hybridized carbons (Fsp3) is 0.364. The number of fused-ring (bicyclic) bond motifs is 3. The van der Waals surface area contributed by atoms with Gasteiger partial charge in [-0.05, 0) is 47.3 Å². The topological polar surface area (TPSA) is 0 Å². The Labute approximate surface area is 141 Å². The molecule has 0 spiro atoms. The smallest absolute Gasteiger partial charge is 0.0358 e. The molecule has 0 aromatic carbocycles. The van der Waals surface area contributed by atoms with Crippen molar-refractivity contribution in [2.75, 3.05) is 0 Å². The molecule has 0 fully saturated rings. The minimum atomic E-state index is 0.102. The Morgan fingerprint density at radius 2 is 1.70 bits per heavy atom. The molecule has 0 bridgehead atoms. The van der Waals surface area contributed by atoms with E-state index < -0.39 is 0 Å². The maximum absolute atomic E-state index is 2.48. The zero-order valence-electron chi connectivity index (χ0n) is 14.0. The second-order valence-corrected chi connectivity index (χ2v) is 8.81. The van der Waals surface area contributed by atoms with Gasteiger partial charge in [0.05, 0.1) is 0 Å². The van der Waals surface area contributed by atoms with Crippen LogP contribution in [0.3, 0.4) is 0 Å². The predicted octanol–water partition coefficient (Wildman–Crippen LogP) is 4.67. The highest BCUT2D eigenvalue weighted by Crippen LogP contribution is 2.65. The van der Waals surface area contributed by atoms with Crippen LogP contribution in [0.15, 0.2) is 35.5 Å². The molecule has 1 heterocycles. The van der Waals surface area contributed by atoms with Gasteiger partial charge in [-0.2, -0.15) is 0 Å². The van der Waals surface area contributed by atoms with Crippen LogP contribution in [0.2, 0.25) is 0 Å². The Kier molecular flexibility index (Phi) is 2.56. The maximum Gasteiger partial charge on any atom is 0.0358 e. The third-order valence-electron chi connectivity index (χ3n) is 6.53. The summed E-state index contributed by atoms with van der Waals surface area (Å²) in [5.74, 6) is 0.599. The molecule has 0 N–H and O–H groups in total. The molecule has 116 valence electrons. The first-order valence-electron chi connectivity index (χ1n) is 8.72. The third kappa shape index (κ3) is 1.48. The van der Waals surface area contributed by atoms with Crippen molar-refractivity contribution >= 4 is 35.6 Å². The van der Waals surface area contributed by atoms with E-state index in [2.05, 4.69) is 69.4 Å². The average molecular weight is 318 g/mol. The summed E-state index contributed by atoms with van der Waals surface area (Å²) in [6.07, 6.45) is 21.9. The van der Waals surface area contributed by atoms with Crippen molar-refractivity contribution < 1.29 is 0 Å². The first-order chi connectivity index (χ1) is 11.1. The number of rotatable bonds is 1. The molecule has 1 heteroatoms. The van der Waals surface area contributed by atoms with Crippen molar-refractivity contribution in [3.05, 3.63) is 55.6 Å². The molecule has 0 amide bonds. The second-order valence-electron chi connectivity index (χ2n) is 7.72. The van der Waals surface area contributed by atoms with Crippen molar-refractivity contribution in [3.8, 4) is 0 Å². The molecule has 23 heavy (non-hydrogen) atoms. The molecule has 1 aromatic heterocycles. The van der Waals surface area contributed by atoms with Gasteiger partial charge in [0.15, 0.2) is 0 Å². The van der Waals surface area contributed by atoms with E-state index in [0.29, 0.717) is 5.92 Å². The second kappa shape index (κ2) is 4.27. The van der Waals surface area contributed by atoms with Gasteiger partial charge < -0.3 is 0 Å². The Bertz CT molecular complexity index is 960. The molecule has 4 aliphatic rings. The summed E-state index contributed by atoms with van der Waals surface area (Å²) in [6, 6.07) is 0. The molecule has 4 aliphatic carbocycles. The summed E-state index contributed by atoms with van der Waals surface area (Å²) in [5, 5.41) is 1.48.